The van der Waals surface area contributed by atoms with Crippen LogP contribution >= 0.6 is 0 Å². The van der Waals surface area contributed by atoms with Crippen LogP contribution in [-0.2, 0) is 10.2 Å². The molecule has 122 valence electrons. The van der Waals surface area contributed by atoms with Crippen LogP contribution in [0.3, 0.4) is 0 Å². The quantitative estimate of drug-likeness (QED) is 0.898. The van der Waals surface area contributed by atoms with Crippen LogP contribution in [0.25, 0.3) is 0 Å². The van der Waals surface area contributed by atoms with Crippen molar-refractivity contribution in [3.05, 3.63) is 59.5 Å². The Labute approximate surface area is 137 Å². The van der Waals surface area contributed by atoms with Gasteiger partial charge in [0.05, 0.1) is 12.7 Å². The predicted octanol–water partition coefficient (Wildman–Crippen LogP) is 2.65. The highest BCUT2D eigenvalue weighted by atomic mass is 16.3. The summed E-state index contributed by atoms with van der Waals surface area (Å²) in [6.45, 7) is 10.5. The van der Waals surface area contributed by atoms with E-state index in [9.17, 15) is 9.90 Å². The molecule has 1 aliphatic rings. The molecule has 0 fully saturated rings. The maximum Gasteiger partial charge on any atom is 0.272 e. The summed E-state index contributed by atoms with van der Waals surface area (Å²) in [5.74, 6) is -0.411. The highest BCUT2D eigenvalue weighted by Crippen LogP contribution is 2.27. The molecule has 0 aromatic heterocycles. The summed E-state index contributed by atoms with van der Waals surface area (Å²) >= 11 is 0. The average Bonchev–Trinajstić information content (AvgIpc) is 2.50. The smallest absolute Gasteiger partial charge is 0.272 e. The Bertz CT molecular complexity index is 685. The number of aliphatic hydroxyl groups is 1. The van der Waals surface area contributed by atoms with Gasteiger partial charge in [0.1, 0.15) is 5.76 Å². The molecule has 1 aliphatic heterocycles. The van der Waals surface area contributed by atoms with Gasteiger partial charge in [-0.15, -0.1) is 0 Å². The van der Waals surface area contributed by atoms with Crippen LogP contribution in [0.15, 0.2) is 53.5 Å². The lowest BCUT2D eigenvalue weighted by Gasteiger charge is -2.32. The van der Waals surface area contributed by atoms with Crippen LogP contribution in [0.2, 0.25) is 0 Å². The second-order valence-corrected chi connectivity index (χ2v) is 6.37. The highest BCUT2D eigenvalue weighted by Gasteiger charge is 2.28. The molecule has 0 saturated carbocycles. The van der Waals surface area contributed by atoms with Gasteiger partial charge in [0.15, 0.2) is 5.71 Å². The van der Waals surface area contributed by atoms with Gasteiger partial charge in [0, 0.05) is 18.0 Å². The normalized spacial score (nSPS) is 15.1. The maximum atomic E-state index is 11.9. The second kappa shape index (κ2) is 6.28. The molecule has 1 aromatic carbocycles. The fourth-order valence-electron chi connectivity index (χ4n) is 2.44. The minimum Gasteiger partial charge on any atom is -0.506 e. The zero-order chi connectivity index (χ0) is 17.2. The van der Waals surface area contributed by atoms with E-state index >= 15 is 0 Å². The van der Waals surface area contributed by atoms with Gasteiger partial charge in [-0.3, -0.25) is 9.80 Å². The number of aliphatic hydroxyl groups excluding tert-OH is 1. The van der Waals surface area contributed by atoms with Crippen LogP contribution in [-0.4, -0.2) is 35.3 Å². The van der Waals surface area contributed by atoms with E-state index in [2.05, 4.69) is 55.1 Å². The first-order valence-corrected chi connectivity index (χ1v) is 7.49. The van der Waals surface area contributed by atoms with Crippen molar-refractivity contribution >= 4 is 11.6 Å². The Kier molecular flexibility index (Phi) is 4.59. The number of hydrazone groups is 1. The number of amides is 1. The standard InChI is InChI=1S/C18H23N3O2/c1-12-6-8-14(9-7-12)18(3,4)11-21-10-15(22)13(2)16(20-21)17(23)19-5/h6-10,22H,2,11H2,1,3-5H3,(H,19,23). The molecular weight excluding hydrogens is 290 g/mol. The van der Waals surface area contributed by atoms with Crippen molar-refractivity contribution in [1.82, 2.24) is 10.3 Å². The van der Waals surface area contributed by atoms with Gasteiger partial charge in [-0.1, -0.05) is 50.3 Å². The Hall–Kier alpha value is -2.56. The highest BCUT2D eigenvalue weighted by molar-refractivity contribution is 6.46. The van der Waals surface area contributed by atoms with Gasteiger partial charge in [-0.2, -0.15) is 5.10 Å². The molecule has 1 heterocycles. The molecule has 0 atom stereocenters. The van der Waals surface area contributed by atoms with E-state index in [1.54, 1.807) is 5.01 Å². The number of benzene rings is 1. The summed E-state index contributed by atoms with van der Waals surface area (Å²) < 4.78 is 0. The van der Waals surface area contributed by atoms with Gasteiger partial charge in [0.2, 0.25) is 0 Å². The van der Waals surface area contributed by atoms with Gasteiger partial charge < -0.3 is 10.4 Å². The van der Waals surface area contributed by atoms with Gasteiger partial charge >= 0.3 is 0 Å². The van der Waals surface area contributed by atoms with Crippen LogP contribution in [0.5, 0.6) is 0 Å². The van der Waals surface area contributed by atoms with Crippen LogP contribution < -0.4 is 5.32 Å². The number of nitrogens with zero attached hydrogens (tertiary/aromatic N) is 2. The van der Waals surface area contributed by atoms with Crippen molar-refractivity contribution in [2.45, 2.75) is 26.2 Å². The van der Waals surface area contributed by atoms with E-state index in [0.29, 0.717) is 6.54 Å². The largest absolute Gasteiger partial charge is 0.506 e. The van der Waals surface area contributed by atoms with Crippen molar-refractivity contribution in [3.8, 4) is 0 Å². The second-order valence-electron chi connectivity index (χ2n) is 6.37. The summed E-state index contributed by atoms with van der Waals surface area (Å²) in [5, 5.41) is 18.4. The third kappa shape index (κ3) is 3.62. The van der Waals surface area contributed by atoms with E-state index in [1.807, 2.05) is 6.92 Å². The fourth-order valence-corrected chi connectivity index (χ4v) is 2.44. The molecule has 0 unspecified atom stereocenters. The first-order chi connectivity index (χ1) is 10.7. The molecule has 2 rings (SSSR count). The lowest BCUT2D eigenvalue weighted by Crippen LogP contribution is -2.38. The maximum absolute atomic E-state index is 11.9. The topological polar surface area (TPSA) is 64.9 Å². The summed E-state index contributed by atoms with van der Waals surface area (Å²) in [4.78, 5) is 11.9. The average molecular weight is 313 g/mol. The van der Waals surface area contributed by atoms with Crippen molar-refractivity contribution in [3.63, 3.8) is 0 Å². The van der Waals surface area contributed by atoms with E-state index in [1.165, 1.54) is 18.8 Å². The van der Waals surface area contributed by atoms with Gasteiger partial charge in [0.25, 0.3) is 5.91 Å². The van der Waals surface area contributed by atoms with Crippen molar-refractivity contribution in [2.75, 3.05) is 13.6 Å². The molecular formula is C18H23N3O2. The van der Waals surface area contributed by atoms with E-state index in [-0.39, 0.29) is 28.4 Å². The van der Waals surface area contributed by atoms with Crippen LogP contribution in [0, 0.1) is 6.92 Å². The van der Waals surface area contributed by atoms with E-state index in [0.717, 1.165) is 5.56 Å². The molecule has 1 aromatic rings. The zero-order valence-electron chi connectivity index (χ0n) is 14.1. The Morgan fingerprint density at radius 1 is 1.35 bits per heavy atom. The lowest BCUT2D eigenvalue weighted by atomic mass is 9.84. The zero-order valence-corrected chi connectivity index (χ0v) is 14.1. The monoisotopic (exact) mass is 313 g/mol. The third-order valence-electron chi connectivity index (χ3n) is 3.93. The number of rotatable bonds is 4. The van der Waals surface area contributed by atoms with E-state index in [4.69, 9.17) is 0 Å². The van der Waals surface area contributed by atoms with Crippen molar-refractivity contribution in [2.24, 2.45) is 5.10 Å². The minimum atomic E-state index is -0.368. The molecule has 0 radical (unpaired) electrons. The van der Waals surface area contributed by atoms with Gasteiger partial charge in [-0.25, -0.2) is 0 Å². The first kappa shape index (κ1) is 16.8. The van der Waals surface area contributed by atoms with Gasteiger partial charge in [-0.05, 0) is 12.5 Å². The Morgan fingerprint density at radius 3 is 2.52 bits per heavy atom. The molecule has 0 spiro atoms. The summed E-state index contributed by atoms with van der Waals surface area (Å²) in [6.07, 6.45) is 1.50. The number of hydrogen-bond acceptors (Lipinski definition) is 4. The molecule has 23 heavy (non-hydrogen) atoms. The summed E-state index contributed by atoms with van der Waals surface area (Å²) in [7, 11) is 1.52. The third-order valence-corrected chi connectivity index (χ3v) is 3.93. The number of aryl methyl sites for hydroxylation is 1. The molecule has 0 bridgehead atoms. The van der Waals surface area contributed by atoms with Crippen molar-refractivity contribution in [1.29, 1.82) is 0 Å². The molecule has 5 heteroatoms. The molecule has 0 aliphatic carbocycles. The lowest BCUT2D eigenvalue weighted by molar-refractivity contribution is -0.114. The Balaban J connectivity index is 2.27. The number of allylic oxidation sites excluding steroid dienone is 1. The first-order valence-electron chi connectivity index (χ1n) is 7.49. The molecule has 5 nitrogen and oxygen atoms in total. The SMILES string of the molecule is C=C1C(O)=CN(CC(C)(C)c2ccc(C)cc2)N=C1C(=O)NC. The summed E-state index contributed by atoms with van der Waals surface area (Å²) in [6, 6.07) is 8.32. The number of nitrogens with one attached hydrogen (secondary N) is 1. The molecule has 1 amide bonds. The number of hydrogen-bond donors (Lipinski definition) is 2. The fraction of sp³-hybridized carbons (Fsp3) is 0.333. The van der Waals surface area contributed by atoms with Crippen molar-refractivity contribution < 1.29 is 9.90 Å². The predicted molar refractivity (Wildman–Crippen MR) is 92.3 cm³/mol. The number of carbonyl (C=O) groups is 1. The Morgan fingerprint density at radius 2 is 1.96 bits per heavy atom. The molecule has 2 N–H and O–H groups in total. The van der Waals surface area contributed by atoms with Crippen LogP contribution in [0.4, 0.5) is 0 Å². The van der Waals surface area contributed by atoms with E-state index < -0.39 is 0 Å². The number of carbonyl (C=O) groups excluding carboxylic acids is 1. The van der Waals surface area contributed by atoms with Crippen LogP contribution in [0.1, 0.15) is 25.0 Å². The minimum absolute atomic E-state index is 0.0432. The summed E-state index contributed by atoms with van der Waals surface area (Å²) in [5.41, 5.74) is 2.52. The molecule has 0 saturated heterocycles.